The van der Waals surface area contributed by atoms with Gasteiger partial charge in [0.1, 0.15) is 11.6 Å². The first-order valence-electron chi connectivity index (χ1n) is 4.88. The van der Waals surface area contributed by atoms with Crippen LogP contribution in [0.25, 0.3) is 0 Å². The predicted octanol–water partition coefficient (Wildman–Crippen LogP) is 3.94. The lowest BCUT2D eigenvalue weighted by molar-refractivity contribution is 0.343. The lowest BCUT2D eigenvalue weighted by Crippen LogP contribution is -2.14. The van der Waals surface area contributed by atoms with E-state index in [-0.39, 0.29) is 17.0 Å². The highest BCUT2D eigenvalue weighted by Crippen LogP contribution is 2.26. The van der Waals surface area contributed by atoms with Crippen LogP contribution in [0, 0.1) is 17.0 Å². The van der Waals surface area contributed by atoms with Crippen LogP contribution >= 0.6 is 0 Å². The minimum absolute atomic E-state index is 0.0225. The van der Waals surface area contributed by atoms with Crippen LogP contribution in [0.1, 0.15) is 32.8 Å². The van der Waals surface area contributed by atoms with E-state index in [1.807, 2.05) is 0 Å². The number of hydrogen-bond donors (Lipinski definition) is 0. The van der Waals surface area contributed by atoms with Gasteiger partial charge in [0.05, 0.1) is 0 Å². The van der Waals surface area contributed by atoms with Crippen molar-refractivity contribution < 1.29 is 8.78 Å². The van der Waals surface area contributed by atoms with Gasteiger partial charge in [-0.05, 0) is 35.6 Å². The molecule has 0 atom stereocenters. The average molecular weight is 198 g/mol. The predicted molar refractivity (Wildman–Crippen MR) is 54.1 cm³/mol. The second kappa shape index (κ2) is 4.07. The van der Waals surface area contributed by atoms with Crippen molar-refractivity contribution >= 4 is 0 Å². The van der Waals surface area contributed by atoms with Gasteiger partial charge in [0.15, 0.2) is 0 Å². The Morgan fingerprint density at radius 2 is 1.86 bits per heavy atom. The Kier molecular flexibility index (Phi) is 3.25. The first-order valence-corrected chi connectivity index (χ1v) is 4.88. The summed E-state index contributed by atoms with van der Waals surface area (Å²) >= 11 is 0. The van der Waals surface area contributed by atoms with E-state index in [2.05, 4.69) is 20.8 Å². The second-order valence-corrected chi connectivity index (χ2v) is 4.43. The molecule has 0 heterocycles. The fourth-order valence-corrected chi connectivity index (χ4v) is 1.32. The summed E-state index contributed by atoms with van der Waals surface area (Å²) in [7, 11) is 0. The van der Waals surface area contributed by atoms with Crippen LogP contribution in [0.4, 0.5) is 8.78 Å². The van der Waals surface area contributed by atoms with Crippen LogP contribution in [0.15, 0.2) is 18.2 Å². The standard InChI is InChI=1S/C12H16F2/c1-4-12(2,3)8-9-7-10(13)5-6-11(9)14/h5-7H,4,8H2,1-3H3. The van der Waals surface area contributed by atoms with E-state index in [0.717, 1.165) is 12.5 Å². The maximum atomic E-state index is 13.3. The summed E-state index contributed by atoms with van der Waals surface area (Å²) in [6.45, 7) is 6.16. The SMILES string of the molecule is CCC(C)(C)Cc1cc(F)ccc1F. The van der Waals surface area contributed by atoms with Crippen molar-refractivity contribution in [3.05, 3.63) is 35.4 Å². The van der Waals surface area contributed by atoms with Crippen molar-refractivity contribution in [3.8, 4) is 0 Å². The van der Waals surface area contributed by atoms with Crippen LogP contribution in [0.5, 0.6) is 0 Å². The van der Waals surface area contributed by atoms with E-state index in [1.165, 1.54) is 12.1 Å². The molecule has 0 radical (unpaired) electrons. The van der Waals surface area contributed by atoms with Gasteiger partial charge in [-0.15, -0.1) is 0 Å². The van der Waals surface area contributed by atoms with Gasteiger partial charge in [0.2, 0.25) is 0 Å². The molecule has 0 spiro atoms. The van der Waals surface area contributed by atoms with Gasteiger partial charge in [-0.3, -0.25) is 0 Å². The summed E-state index contributed by atoms with van der Waals surface area (Å²) in [5.74, 6) is -0.679. The largest absolute Gasteiger partial charge is 0.207 e. The van der Waals surface area contributed by atoms with Crippen LogP contribution in [0.3, 0.4) is 0 Å². The molecule has 14 heavy (non-hydrogen) atoms. The van der Waals surface area contributed by atoms with Crippen molar-refractivity contribution in [2.24, 2.45) is 5.41 Å². The monoisotopic (exact) mass is 198 g/mol. The van der Waals surface area contributed by atoms with E-state index >= 15 is 0 Å². The molecule has 78 valence electrons. The molecule has 1 aromatic rings. The molecular formula is C12H16F2. The van der Waals surface area contributed by atoms with Crippen molar-refractivity contribution in [1.82, 2.24) is 0 Å². The highest BCUT2D eigenvalue weighted by molar-refractivity contribution is 5.19. The lowest BCUT2D eigenvalue weighted by Gasteiger charge is -2.22. The molecule has 0 saturated carbocycles. The van der Waals surface area contributed by atoms with E-state index < -0.39 is 0 Å². The summed E-state index contributed by atoms with van der Waals surface area (Å²) in [6, 6.07) is 3.63. The number of benzene rings is 1. The smallest absolute Gasteiger partial charge is 0.126 e. The Morgan fingerprint density at radius 1 is 1.21 bits per heavy atom. The third-order valence-electron chi connectivity index (χ3n) is 2.63. The summed E-state index contributed by atoms with van der Waals surface area (Å²) < 4.78 is 26.1. The molecule has 0 aromatic heterocycles. The van der Waals surface area contributed by atoms with Gasteiger partial charge in [0, 0.05) is 0 Å². The zero-order valence-electron chi connectivity index (χ0n) is 8.90. The molecule has 0 unspecified atom stereocenters. The lowest BCUT2D eigenvalue weighted by atomic mass is 9.83. The van der Waals surface area contributed by atoms with Crippen LogP contribution in [0.2, 0.25) is 0 Å². The van der Waals surface area contributed by atoms with E-state index in [9.17, 15) is 8.78 Å². The van der Waals surface area contributed by atoms with Crippen LogP contribution in [-0.4, -0.2) is 0 Å². The molecule has 0 fully saturated rings. The first-order chi connectivity index (χ1) is 6.44. The van der Waals surface area contributed by atoms with E-state index in [4.69, 9.17) is 0 Å². The molecular weight excluding hydrogens is 182 g/mol. The molecule has 0 amide bonds. The molecule has 0 saturated heterocycles. The molecule has 0 bridgehead atoms. The second-order valence-electron chi connectivity index (χ2n) is 4.43. The van der Waals surface area contributed by atoms with Crippen molar-refractivity contribution in [2.75, 3.05) is 0 Å². The maximum absolute atomic E-state index is 13.3. The third kappa shape index (κ3) is 2.79. The maximum Gasteiger partial charge on any atom is 0.126 e. The molecule has 0 nitrogen and oxygen atoms in total. The van der Waals surface area contributed by atoms with Gasteiger partial charge >= 0.3 is 0 Å². The van der Waals surface area contributed by atoms with Gasteiger partial charge in [-0.1, -0.05) is 27.2 Å². The fraction of sp³-hybridized carbons (Fsp3) is 0.500. The Labute approximate surface area is 84.0 Å². The molecule has 0 aliphatic heterocycles. The molecule has 0 N–H and O–H groups in total. The van der Waals surface area contributed by atoms with Crippen molar-refractivity contribution in [1.29, 1.82) is 0 Å². The van der Waals surface area contributed by atoms with E-state index in [1.54, 1.807) is 0 Å². The highest BCUT2D eigenvalue weighted by atomic mass is 19.1. The summed E-state index contributed by atoms with van der Waals surface area (Å²) in [5.41, 5.74) is 0.492. The normalized spacial score (nSPS) is 11.8. The van der Waals surface area contributed by atoms with Crippen molar-refractivity contribution in [2.45, 2.75) is 33.6 Å². The summed E-state index contributed by atoms with van der Waals surface area (Å²) in [5, 5.41) is 0. The van der Waals surface area contributed by atoms with Gasteiger partial charge in [-0.25, -0.2) is 8.78 Å². The average Bonchev–Trinajstić information content (AvgIpc) is 2.11. The van der Waals surface area contributed by atoms with Gasteiger partial charge in [-0.2, -0.15) is 0 Å². The zero-order chi connectivity index (χ0) is 10.8. The molecule has 0 aliphatic carbocycles. The minimum Gasteiger partial charge on any atom is -0.207 e. The fourth-order valence-electron chi connectivity index (χ4n) is 1.32. The number of halogens is 2. The van der Waals surface area contributed by atoms with E-state index in [0.29, 0.717) is 12.0 Å². The topological polar surface area (TPSA) is 0 Å². The Balaban J connectivity index is 2.91. The molecule has 1 rings (SSSR count). The minimum atomic E-state index is -0.367. The Morgan fingerprint density at radius 3 is 2.43 bits per heavy atom. The quantitative estimate of drug-likeness (QED) is 0.690. The third-order valence-corrected chi connectivity index (χ3v) is 2.63. The first kappa shape index (κ1) is 11.2. The highest BCUT2D eigenvalue weighted by Gasteiger charge is 2.18. The number of hydrogen-bond acceptors (Lipinski definition) is 0. The van der Waals surface area contributed by atoms with Gasteiger partial charge < -0.3 is 0 Å². The summed E-state index contributed by atoms with van der Waals surface area (Å²) in [4.78, 5) is 0. The Hall–Kier alpha value is -0.920. The summed E-state index contributed by atoms with van der Waals surface area (Å²) in [6.07, 6.45) is 1.52. The molecule has 1 aromatic carbocycles. The van der Waals surface area contributed by atoms with Crippen LogP contribution in [-0.2, 0) is 6.42 Å². The number of rotatable bonds is 3. The van der Waals surface area contributed by atoms with Gasteiger partial charge in [0.25, 0.3) is 0 Å². The van der Waals surface area contributed by atoms with Crippen LogP contribution < -0.4 is 0 Å². The molecule has 2 heteroatoms. The Bertz CT molecular complexity index is 316. The van der Waals surface area contributed by atoms with Crippen molar-refractivity contribution in [3.63, 3.8) is 0 Å². The zero-order valence-corrected chi connectivity index (χ0v) is 8.90. The molecule has 0 aliphatic rings.